The van der Waals surface area contributed by atoms with Crippen molar-refractivity contribution in [3.05, 3.63) is 35.4 Å². The third kappa shape index (κ3) is 6.76. The van der Waals surface area contributed by atoms with E-state index in [0.717, 1.165) is 50.9 Å². The lowest BCUT2D eigenvalue weighted by molar-refractivity contribution is -0.124. The molecule has 28 heavy (non-hydrogen) atoms. The third-order valence-electron chi connectivity index (χ3n) is 5.65. The normalized spacial score (nSPS) is 22.3. The minimum absolute atomic E-state index is 0. The molecule has 1 aromatic rings. The van der Waals surface area contributed by atoms with E-state index in [0.29, 0.717) is 25.6 Å². The van der Waals surface area contributed by atoms with Gasteiger partial charge in [0.2, 0.25) is 11.8 Å². The summed E-state index contributed by atoms with van der Waals surface area (Å²) in [6, 6.07) is 8.10. The van der Waals surface area contributed by atoms with E-state index in [-0.39, 0.29) is 30.3 Å². The Bertz CT molecular complexity index is 649. The van der Waals surface area contributed by atoms with E-state index in [1.165, 1.54) is 5.56 Å². The maximum atomic E-state index is 12.3. The van der Waals surface area contributed by atoms with Crippen LogP contribution in [0.2, 0.25) is 0 Å². The molecule has 0 aromatic heterocycles. The van der Waals surface area contributed by atoms with Crippen LogP contribution < -0.4 is 16.0 Å². The molecule has 2 aliphatic heterocycles. The first-order valence-corrected chi connectivity index (χ1v) is 10.2. The molecule has 3 N–H and O–H groups in total. The van der Waals surface area contributed by atoms with Gasteiger partial charge in [-0.15, -0.1) is 12.4 Å². The van der Waals surface area contributed by atoms with E-state index < -0.39 is 0 Å². The van der Waals surface area contributed by atoms with Crippen molar-refractivity contribution in [2.24, 2.45) is 5.92 Å². The lowest BCUT2D eigenvalue weighted by Crippen LogP contribution is -2.47. The summed E-state index contributed by atoms with van der Waals surface area (Å²) in [5, 5.41) is 9.36. The first-order valence-electron chi connectivity index (χ1n) is 10.2. The van der Waals surface area contributed by atoms with Gasteiger partial charge in [0.25, 0.3) is 0 Å². The van der Waals surface area contributed by atoms with Gasteiger partial charge in [0.15, 0.2) is 0 Å². The molecule has 0 aliphatic carbocycles. The lowest BCUT2D eigenvalue weighted by Gasteiger charge is -2.32. The van der Waals surface area contributed by atoms with Crippen LogP contribution in [0.3, 0.4) is 0 Å². The Morgan fingerprint density at radius 3 is 2.75 bits per heavy atom. The molecule has 2 amide bonds. The summed E-state index contributed by atoms with van der Waals surface area (Å²) >= 11 is 0. The zero-order valence-electron chi connectivity index (χ0n) is 16.7. The standard InChI is InChI=1S/C21H32N4O2.ClH/c1-16-6-2-3-8-18(16)13-23-20(26)15-25-11-5-7-17(14-25)12-24-21(27)19-9-4-10-22-19;/h2-3,6,8,17,19,22H,4-5,7,9-15H2,1H3,(H,23,26)(H,24,27);1H. The van der Waals surface area contributed by atoms with Crippen molar-refractivity contribution in [1.82, 2.24) is 20.9 Å². The largest absolute Gasteiger partial charge is 0.354 e. The number of piperidine rings is 1. The van der Waals surface area contributed by atoms with Crippen molar-refractivity contribution in [3.63, 3.8) is 0 Å². The summed E-state index contributed by atoms with van der Waals surface area (Å²) in [6.07, 6.45) is 4.20. The van der Waals surface area contributed by atoms with Crippen molar-refractivity contribution in [1.29, 1.82) is 0 Å². The Morgan fingerprint density at radius 2 is 2.00 bits per heavy atom. The van der Waals surface area contributed by atoms with Crippen molar-refractivity contribution < 1.29 is 9.59 Å². The number of carbonyl (C=O) groups excluding carboxylic acids is 2. The Morgan fingerprint density at radius 1 is 1.18 bits per heavy atom. The van der Waals surface area contributed by atoms with Gasteiger partial charge in [0, 0.05) is 19.6 Å². The van der Waals surface area contributed by atoms with Gasteiger partial charge in [-0.2, -0.15) is 0 Å². The third-order valence-corrected chi connectivity index (χ3v) is 5.65. The van der Waals surface area contributed by atoms with Crippen LogP contribution in [-0.4, -0.2) is 55.5 Å². The molecule has 7 heteroatoms. The van der Waals surface area contributed by atoms with Gasteiger partial charge in [-0.1, -0.05) is 24.3 Å². The molecule has 3 rings (SSSR count). The monoisotopic (exact) mass is 408 g/mol. The van der Waals surface area contributed by atoms with Crippen molar-refractivity contribution in [2.45, 2.75) is 45.2 Å². The highest BCUT2D eigenvalue weighted by atomic mass is 35.5. The SMILES string of the molecule is Cc1ccccc1CNC(=O)CN1CCCC(CNC(=O)C2CCCN2)C1.Cl. The molecule has 0 spiro atoms. The van der Waals surface area contributed by atoms with E-state index >= 15 is 0 Å². The number of likely N-dealkylation sites (tertiary alicyclic amines) is 1. The maximum Gasteiger partial charge on any atom is 0.237 e. The number of amides is 2. The molecule has 2 fully saturated rings. The lowest BCUT2D eigenvalue weighted by atomic mass is 9.98. The zero-order chi connectivity index (χ0) is 19.1. The van der Waals surface area contributed by atoms with Crippen LogP contribution in [0.4, 0.5) is 0 Å². The number of benzene rings is 1. The van der Waals surface area contributed by atoms with Crippen LogP contribution in [0.1, 0.15) is 36.8 Å². The van der Waals surface area contributed by atoms with Crippen LogP contribution in [0, 0.1) is 12.8 Å². The van der Waals surface area contributed by atoms with E-state index in [2.05, 4.69) is 39.9 Å². The average molecular weight is 409 g/mol. The van der Waals surface area contributed by atoms with Crippen LogP contribution in [0.15, 0.2) is 24.3 Å². The van der Waals surface area contributed by atoms with Gasteiger partial charge in [0.1, 0.15) is 0 Å². The maximum absolute atomic E-state index is 12.3. The molecular weight excluding hydrogens is 376 g/mol. The zero-order valence-corrected chi connectivity index (χ0v) is 17.5. The minimum Gasteiger partial charge on any atom is -0.354 e. The van der Waals surface area contributed by atoms with E-state index in [4.69, 9.17) is 0 Å². The van der Waals surface area contributed by atoms with E-state index in [9.17, 15) is 9.59 Å². The van der Waals surface area contributed by atoms with Crippen molar-refractivity contribution in [3.8, 4) is 0 Å². The number of aryl methyl sites for hydroxylation is 1. The van der Waals surface area contributed by atoms with Crippen molar-refractivity contribution in [2.75, 3.05) is 32.7 Å². The molecule has 0 bridgehead atoms. The van der Waals surface area contributed by atoms with Gasteiger partial charge in [-0.25, -0.2) is 0 Å². The highest BCUT2D eigenvalue weighted by Gasteiger charge is 2.25. The molecule has 1 aromatic carbocycles. The number of nitrogens with one attached hydrogen (secondary N) is 3. The topological polar surface area (TPSA) is 73.5 Å². The summed E-state index contributed by atoms with van der Waals surface area (Å²) in [6.45, 7) is 6.54. The second kappa shape index (κ2) is 11.4. The Balaban J connectivity index is 0.00000280. The fourth-order valence-electron chi connectivity index (χ4n) is 4.00. The Hall–Kier alpha value is -1.63. The van der Waals surface area contributed by atoms with E-state index in [1.807, 2.05) is 12.1 Å². The summed E-state index contributed by atoms with van der Waals surface area (Å²) in [5.74, 6) is 0.618. The van der Waals surface area contributed by atoms with Gasteiger partial charge in [0.05, 0.1) is 12.6 Å². The molecule has 2 unspecified atom stereocenters. The number of hydrogen-bond donors (Lipinski definition) is 3. The molecule has 156 valence electrons. The van der Waals surface area contributed by atoms with Crippen LogP contribution in [-0.2, 0) is 16.1 Å². The predicted octanol–water partition coefficient (Wildman–Crippen LogP) is 1.61. The molecule has 2 atom stereocenters. The molecular formula is C21H33ClN4O2. The second-order valence-corrected chi connectivity index (χ2v) is 7.84. The van der Waals surface area contributed by atoms with Gasteiger partial charge in [-0.05, 0) is 62.7 Å². The summed E-state index contributed by atoms with van der Waals surface area (Å²) in [5.41, 5.74) is 2.36. The van der Waals surface area contributed by atoms with Gasteiger partial charge < -0.3 is 16.0 Å². The first-order chi connectivity index (χ1) is 13.1. The number of hydrogen-bond acceptors (Lipinski definition) is 4. The Kier molecular flexibility index (Phi) is 9.22. The molecule has 6 nitrogen and oxygen atoms in total. The van der Waals surface area contributed by atoms with Gasteiger partial charge in [-0.3, -0.25) is 14.5 Å². The smallest absolute Gasteiger partial charge is 0.237 e. The molecule has 2 heterocycles. The highest BCUT2D eigenvalue weighted by molar-refractivity contribution is 5.85. The predicted molar refractivity (Wildman–Crippen MR) is 113 cm³/mol. The first kappa shape index (κ1) is 22.7. The number of rotatable bonds is 7. The van der Waals surface area contributed by atoms with E-state index in [1.54, 1.807) is 0 Å². The van der Waals surface area contributed by atoms with Crippen LogP contribution in [0.25, 0.3) is 0 Å². The number of nitrogens with zero attached hydrogens (tertiary/aromatic N) is 1. The van der Waals surface area contributed by atoms with Crippen LogP contribution >= 0.6 is 12.4 Å². The molecule has 0 radical (unpaired) electrons. The quantitative estimate of drug-likeness (QED) is 0.641. The molecule has 2 aliphatic rings. The minimum atomic E-state index is -0.0167. The van der Waals surface area contributed by atoms with Crippen molar-refractivity contribution >= 4 is 24.2 Å². The summed E-state index contributed by atoms with van der Waals surface area (Å²) < 4.78 is 0. The van der Waals surface area contributed by atoms with Crippen LogP contribution in [0.5, 0.6) is 0 Å². The number of carbonyl (C=O) groups is 2. The molecule has 0 saturated carbocycles. The second-order valence-electron chi connectivity index (χ2n) is 7.84. The number of halogens is 1. The summed E-state index contributed by atoms with van der Waals surface area (Å²) in [7, 11) is 0. The molecule has 2 saturated heterocycles. The fraction of sp³-hybridized carbons (Fsp3) is 0.619. The fourth-order valence-corrected chi connectivity index (χ4v) is 4.00. The average Bonchev–Trinajstić information content (AvgIpc) is 3.21. The Labute approximate surface area is 174 Å². The van der Waals surface area contributed by atoms with Gasteiger partial charge >= 0.3 is 0 Å². The highest BCUT2D eigenvalue weighted by Crippen LogP contribution is 2.16. The summed E-state index contributed by atoms with van der Waals surface area (Å²) in [4.78, 5) is 26.7.